The Labute approximate surface area is 138 Å². The van der Waals surface area contributed by atoms with E-state index in [0.717, 1.165) is 12.3 Å². The van der Waals surface area contributed by atoms with Crippen LogP contribution in [-0.4, -0.2) is 11.1 Å². The molecule has 0 saturated heterocycles. The highest BCUT2D eigenvalue weighted by atomic mass is 16.4. The highest BCUT2D eigenvalue weighted by Crippen LogP contribution is 2.41. The fourth-order valence-corrected chi connectivity index (χ4v) is 3.54. The molecule has 0 aromatic heterocycles. The first-order chi connectivity index (χ1) is 10.7. The van der Waals surface area contributed by atoms with E-state index in [0.29, 0.717) is 12.3 Å². The van der Waals surface area contributed by atoms with Gasteiger partial charge in [0.1, 0.15) is 0 Å². The van der Waals surface area contributed by atoms with Gasteiger partial charge >= 0.3 is 5.97 Å². The Morgan fingerprint density at radius 3 is 1.73 bits per heavy atom. The Hall–Kier alpha value is -0.530. The van der Waals surface area contributed by atoms with Crippen LogP contribution in [0, 0.1) is 11.8 Å². The topological polar surface area (TPSA) is 37.3 Å². The first-order valence-corrected chi connectivity index (χ1v) is 9.95. The standard InChI is InChI=1S/C20H38O2/c1-2-3-4-5-6-7-8-9-10-11-12-13-14-19(17-20(21)22)18-15-16-18/h18-19H,2-17H2,1H3,(H,21,22). The van der Waals surface area contributed by atoms with Crippen LogP contribution >= 0.6 is 0 Å². The second-order valence-corrected chi connectivity index (χ2v) is 7.37. The van der Waals surface area contributed by atoms with Gasteiger partial charge in [-0.25, -0.2) is 0 Å². The Morgan fingerprint density at radius 1 is 0.864 bits per heavy atom. The quantitative estimate of drug-likeness (QED) is 0.327. The summed E-state index contributed by atoms with van der Waals surface area (Å²) in [6.07, 6.45) is 20.6. The molecule has 1 saturated carbocycles. The maximum absolute atomic E-state index is 10.9. The SMILES string of the molecule is CCCCCCCCCCCCCCC(CC(=O)O)C1CC1. The minimum atomic E-state index is -0.601. The second kappa shape index (κ2) is 13.0. The van der Waals surface area contributed by atoms with E-state index in [4.69, 9.17) is 5.11 Å². The molecule has 22 heavy (non-hydrogen) atoms. The Kier molecular flexibility index (Phi) is 11.5. The van der Waals surface area contributed by atoms with E-state index >= 15 is 0 Å². The molecule has 1 N–H and O–H groups in total. The van der Waals surface area contributed by atoms with Crippen molar-refractivity contribution in [1.29, 1.82) is 0 Å². The molecule has 1 unspecified atom stereocenters. The van der Waals surface area contributed by atoms with Crippen molar-refractivity contribution in [3.05, 3.63) is 0 Å². The lowest BCUT2D eigenvalue weighted by molar-refractivity contribution is -0.138. The van der Waals surface area contributed by atoms with Crippen molar-refractivity contribution in [2.75, 3.05) is 0 Å². The zero-order valence-electron chi connectivity index (χ0n) is 14.8. The summed E-state index contributed by atoms with van der Waals surface area (Å²) in [5.74, 6) is 0.611. The molecule has 0 aromatic carbocycles. The third-order valence-corrected chi connectivity index (χ3v) is 5.15. The Morgan fingerprint density at radius 2 is 1.32 bits per heavy atom. The molecule has 0 amide bonds. The summed E-state index contributed by atoms with van der Waals surface area (Å²) in [6.45, 7) is 2.27. The van der Waals surface area contributed by atoms with Crippen molar-refractivity contribution >= 4 is 5.97 Å². The molecule has 1 aliphatic rings. The summed E-state index contributed by atoms with van der Waals surface area (Å²) >= 11 is 0. The molecule has 2 nitrogen and oxygen atoms in total. The van der Waals surface area contributed by atoms with E-state index in [1.807, 2.05) is 0 Å². The first-order valence-electron chi connectivity index (χ1n) is 9.95. The van der Waals surface area contributed by atoms with Crippen molar-refractivity contribution in [3.63, 3.8) is 0 Å². The lowest BCUT2D eigenvalue weighted by atomic mass is 9.92. The van der Waals surface area contributed by atoms with Crippen molar-refractivity contribution in [1.82, 2.24) is 0 Å². The van der Waals surface area contributed by atoms with Gasteiger partial charge in [-0.05, 0) is 31.1 Å². The van der Waals surface area contributed by atoms with E-state index in [1.54, 1.807) is 0 Å². The molecule has 1 aliphatic carbocycles. The molecule has 0 aromatic rings. The minimum absolute atomic E-state index is 0.405. The van der Waals surface area contributed by atoms with Gasteiger partial charge in [0, 0.05) is 6.42 Å². The number of unbranched alkanes of at least 4 members (excludes halogenated alkanes) is 11. The van der Waals surface area contributed by atoms with Gasteiger partial charge in [-0.1, -0.05) is 84.0 Å². The van der Waals surface area contributed by atoms with E-state index in [2.05, 4.69) is 6.92 Å². The zero-order chi connectivity index (χ0) is 16.0. The smallest absolute Gasteiger partial charge is 0.303 e. The predicted molar refractivity (Wildman–Crippen MR) is 94.2 cm³/mol. The average molecular weight is 311 g/mol. The van der Waals surface area contributed by atoms with Gasteiger partial charge < -0.3 is 5.11 Å². The Bertz CT molecular complexity index is 271. The van der Waals surface area contributed by atoms with Gasteiger partial charge in [0.25, 0.3) is 0 Å². The summed E-state index contributed by atoms with van der Waals surface area (Å²) in [7, 11) is 0. The van der Waals surface area contributed by atoms with Gasteiger partial charge in [-0.15, -0.1) is 0 Å². The molecule has 0 spiro atoms. The fourth-order valence-electron chi connectivity index (χ4n) is 3.54. The number of carboxylic acid groups (broad SMARTS) is 1. The second-order valence-electron chi connectivity index (χ2n) is 7.37. The van der Waals surface area contributed by atoms with Crippen molar-refractivity contribution in [2.24, 2.45) is 11.8 Å². The van der Waals surface area contributed by atoms with Crippen LogP contribution in [0.1, 0.15) is 110 Å². The highest BCUT2D eigenvalue weighted by molar-refractivity contribution is 5.67. The fraction of sp³-hybridized carbons (Fsp3) is 0.950. The number of rotatable bonds is 16. The zero-order valence-corrected chi connectivity index (χ0v) is 14.8. The summed E-state index contributed by atoms with van der Waals surface area (Å²) < 4.78 is 0. The van der Waals surface area contributed by atoms with Gasteiger partial charge in [-0.3, -0.25) is 4.79 Å². The average Bonchev–Trinajstić information content (AvgIpc) is 3.31. The number of carboxylic acids is 1. The maximum Gasteiger partial charge on any atom is 0.303 e. The van der Waals surface area contributed by atoms with E-state index < -0.39 is 5.97 Å². The van der Waals surface area contributed by atoms with Crippen molar-refractivity contribution in [3.8, 4) is 0 Å². The predicted octanol–water partition coefficient (Wildman–Crippen LogP) is 6.58. The van der Waals surface area contributed by atoms with Crippen LogP contribution in [0.4, 0.5) is 0 Å². The number of carbonyl (C=O) groups is 1. The molecule has 1 rings (SSSR count). The summed E-state index contributed by atoms with van der Waals surface area (Å²) in [5.41, 5.74) is 0. The minimum Gasteiger partial charge on any atom is -0.481 e. The number of hydrogen-bond donors (Lipinski definition) is 1. The molecule has 1 fully saturated rings. The normalized spacial score (nSPS) is 15.9. The Balaban J connectivity index is 1.82. The number of hydrogen-bond acceptors (Lipinski definition) is 1. The van der Waals surface area contributed by atoms with Crippen LogP contribution < -0.4 is 0 Å². The molecular weight excluding hydrogens is 272 g/mol. The first kappa shape index (κ1) is 19.5. The van der Waals surface area contributed by atoms with Gasteiger partial charge in [0.05, 0.1) is 0 Å². The van der Waals surface area contributed by atoms with Crippen LogP contribution in [0.2, 0.25) is 0 Å². The largest absolute Gasteiger partial charge is 0.481 e. The lowest BCUT2D eigenvalue weighted by Crippen LogP contribution is -2.09. The van der Waals surface area contributed by atoms with Crippen molar-refractivity contribution in [2.45, 2.75) is 110 Å². The van der Waals surface area contributed by atoms with Gasteiger partial charge in [0.2, 0.25) is 0 Å². The van der Waals surface area contributed by atoms with Gasteiger partial charge in [-0.2, -0.15) is 0 Å². The van der Waals surface area contributed by atoms with Crippen molar-refractivity contribution < 1.29 is 9.90 Å². The molecule has 2 heteroatoms. The highest BCUT2D eigenvalue weighted by Gasteiger charge is 2.31. The van der Waals surface area contributed by atoms with E-state index in [-0.39, 0.29) is 0 Å². The number of aliphatic carboxylic acids is 1. The van der Waals surface area contributed by atoms with Crippen LogP contribution in [-0.2, 0) is 4.79 Å². The molecular formula is C20H38O2. The van der Waals surface area contributed by atoms with Crippen LogP contribution in [0.3, 0.4) is 0 Å². The lowest BCUT2D eigenvalue weighted by Gasteiger charge is -2.13. The molecule has 1 atom stereocenters. The van der Waals surface area contributed by atoms with Gasteiger partial charge in [0.15, 0.2) is 0 Å². The third-order valence-electron chi connectivity index (χ3n) is 5.15. The van der Waals surface area contributed by atoms with Crippen LogP contribution in [0.5, 0.6) is 0 Å². The van der Waals surface area contributed by atoms with E-state index in [9.17, 15) is 4.79 Å². The monoisotopic (exact) mass is 310 g/mol. The molecule has 0 radical (unpaired) electrons. The molecule has 130 valence electrons. The maximum atomic E-state index is 10.9. The molecule has 0 bridgehead atoms. The molecule has 0 aliphatic heterocycles. The molecule has 0 heterocycles. The van der Waals surface area contributed by atoms with Crippen LogP contribution in [0.15, 0.2) is 0 Å². The van der Waals surface area contributed by atoms with Crippen LogP contribution in [0.25, 0.3) is 0 Å². The third kappa shape index (κ3) is 11.1. The van der Waals surface area contributed by atoms with E-state index in [1.165, 1.54) is 89.9 Å². The summed E-state index contributed by atoms with van der Waals surface area (Å²) in [5, 5.41) is 8.95. The summed E-state index contributed by atoms with van der Waals surface area (Å²) in [4.78, 5) is 10.9. The summed E-state index contributed by atoms with van der Waals surface area (Å²) in [6, 6.07) is 0.